The number of rotatable bonds is 4. The van der Waals surface area contributed by atoms with Gasteiger partial charge >= 0.3 is 0 Å². The third-order valence-corrected chi connectivity index (χ3v) is 4.04. The Labute approximate surface area is 146 Å². The summed E-state index contributed by atoms with van der Waals surface area (Å²) >= 11 is 0. The van der Waals surface area contributed by atoms with Gasteiger partial charge in [0.05, 0.1) is 0 Å². The first kappa shape index (κ1) is 15.1. The normalized spacial score (nSPS) is 10.6. The van der Waals surface area contributed by atoms with Crippen LogP contribution in [0.1, 0.15) is 5.56 Å². The summed E-state index contributed by atoms with van der Waals surface area (Å²) in [5.41, 5.74) is 4.97. The molecule has 0 aliphatic rings. The van der Waals surface area contributed by atoms with Crippen LogP contribution in [0.5, 0.6) is 0 Å². The van der Waals surface area contributed by atoms with Crippen LogP contribution in [-0.4, -0.2) is 10.2 Å². The summed E-state index contributed by atoms with van der Waals surface area (Å²) in [4.78, 5) is 0. The van der Waals surface area contributed by atoms with Gasteiger partial charge in [0.1, 0.15) is 0 Å². The van der Waals surface area contributed by atoms with Crippen molar-refractivity contribution in [3.8, 4) is 34.0 Å². The minimum Gasteiger partial charge on any atom is -0.416 e. The molecule has 0 radical (unpaired) electrons. The summed E-state index contributed by atoms with van der Waals surface area (Å²) in [6, 6.07) is 26.1. The van der Waals surface area contributed by atoms with Crippen molar-refractivity contribution in [2.45, 2.75) is 0 Å². The number of nitrogens with zero attached hydrogens (tertiary/aromatic N) is 2. The molecule has 0 bridgehead atoms. The highest BCUT2D eigenvalue weighted by molar-refractivity contribution is 5.82. The smallest absolute Gasteiger partial charge is 0.248 e. The van der Waals surface area contributed by atoms with Gasteiger partial charge in [0.25, 0.3) is 0 Å². The molecule has 0 saturated carbocycles. The Balaban J connectivity index is 1.85. The molecule has 25 heavy (non-hydrogen) atoms. The van der Waals surface area contributed by atoms with Crippen molar-refractivity contribution in [3.63, 3.8) is 0 Å². The maximum absolute atomic E-state index is 5.96. The zero-order chi connectivity index (χ0) is 17.1. The third kappa shape index (κ3) is 3.00. The molecule has 0 saturated heterocycles. The van der Waals surface area contributed by atoms with E-state index in [4.69, 9.17) is 4.42 Å². The number of aromatic nitrogens is 2. The summed E-state index contributed by atoms with van der Waals surface area (Å²) in [6.07, 6.45) is 1.81. The van der Waals surface area contributed by atoms with Crippen LogP contribution in [0, 0.1) is 0 Å². The third-order valence-electron chi connectivity index (χ3n) is 4.04. The average molecular weight is 324 g/mol. The summed E-state index contributed by atoms with van der Waals surface area (Å²) in [7, 11) is 0. The van der Waals surface area contributed by atoms with Crippen molar-refractivity contribution in [3.05, 3.63) is 91.0 Å². The van der Waals surface area contributed by atoms with Crippen LogP contribution >= 0.6 is 0 Å². The van der Waals surface area contributed by atoms with Crippen molar-refractivity contribution < 1.29 is 4.42 Å². The van der Waals surface area contributed by atoms with Gasteiger partial charge in [0.2, 0.25) is 11.8 Å². The lowest BCUT2D eigenvalue weighted by Gasteiger charge is -2.08. The molecule has 0 fully saturated rings. The molecule has 0 atom stereocenters. The Morgan fingerprint density at radius 2 is 1.32 bits per heavy atom. The number of hydrogen-bond donors (Lipinski definition) is 0. The predicted molar refractivity (Wildman–Crippen MR) is 101 cm³/mol. The van der Waals surface area contributed by atoms with Gasteiger partial charge in [0.15, 0.2) is 0 Å². The molecule has 0 aliphatic carbocycles. The van der Waals surface area contributed by atoms with Crippen LogP contribution in [0.3, 0.4) is 0 Å². The summed E-state index contributed by atoms with van der Waals surface area (Å²) in [6.45, 7) is 3.85. The first-order valence-corrected chi connectivity index (χ1v) is 8.06. The second-order valence-electron chi connectivity index (χ2n) is 5.65. The van der Waals surface area contributed by atoms with Crippen LogP contribution < -0.4 is 0 Å². The van der Waals surface area contributed by atoms with Gasteiger partial charge in [-0.25, -0.2) is 0 Å². The van der Waals surface area contributed by atoms with E-state index in [1.165, 1.54) is 0 Å². The van der Waals surface area contributed by atoms with Gasteiger partial charge in [-0.2, -0.15) is 0 Å². The van der Waals surface area contributed by atoms with Crippen LogP contribution in [0.2, 0.25) is 0 Å². The van der Waals surface area contributed by atoms with Crippen molar-refractivity contribution in [2.24, 2.45) is 0 Å². The van der Waals surface area contributed by atoms with Gasteiger partial charge in [-0.3, -0.25) is 0 Å². The zero-order valence-corrected chi connectivity index (χ0v) is 13.6. The molecule has 3 heteroatoms. The highest BCUT2D eigenvalue weighted by atomic mass is 16.4. The molecule has 120 valence electrons. The maximum atomic E-state index is 5.96. The minimum atomic E-state index is 0.501. The van der Waals surface area contributed by atoms with E-state index in [9.17, 15) is 0 Å². The molecular formula is C22H16N2O. The lowest BCUT2D eigenvalue weighted by molar-refractivity contribution is 0.585. The number of benzene rings is 3. The molecule has 0 aliphatic heterocycles. The van der Waals surface area contributed by atoms with E-state index < -0.39 is 0 Å². The highest BCUT2D eigenvalue weighted by Crippen LogP contribution is 2.33. The van der Waals surface area contributed by atoms with Crippen LogP contribution in [0.25, 0.3) is 40.1 Å². The van der Waals surface area contributed by atoms with E-state index in [1.54, 1.807) is 0 Å². The van der Waals surface area contributed by atoms with Crippen molar-refractivity contribution in [1.29, 1.82) is 0 Å². The topological polar surface area (TPSA) is 38.9 Å². The second-order valence-corrected chi connectivity index (χ2v) is 5.65. The van der Waals surface area contributed by atoms with Crippen LogP contribution in [0.4, 0.5) is 0 Å². The van der Waals surface area contributed by atoms with Gasteiger partial charge in [-0.15, -0.1) is 10.2 Å². The summed E-state index contributed by atoms with van der Waals surface area (Å²) < 4.78 is 5.96. The Hall–Kier alpha value is -3.46. The van der Waals surface area contributed by atoms with Crippen molar-refractivity contribution >= 4 is 6.08 Å². The van der Waals surface area contributed by atoms with Gasteiger partial charge in [0, 0.05) is 11.1 Å². The van der Waals surface area contributed by atoms with E-state index >= 15 is 0 Å². The molecule has 1 heterocycles. The van der Waals surface area contributed by atoms with Gasteiger partial charge in [-0.05, 0) is 34.9 Å². The molecular weight excluding hydrogens is 308 g/mol. The van der Waals surface area contributed by atoms with Crippen LogP contribution in [-0.2, 0) is 0 Å². The first-order valence-electron chi connectivity index (χ1n) is 8.06. The van der Waals surface area contributed by atoms with Gasteiger partial charge in [-0.1, -0.05) is 73.3 Å². The lowest BCUT2D eigenvalue weighted by Crippen LogP contribution is -1.87. The fourth-order valence-corrected chi connectivity index (χ4v) is 2.76. The molecule has 1 aromatic heterocycles. The fourth-order valence-electron chi connectivity index (χ4n) is 2.76. The van der Waals surface area contributed by atoms with Gasteiger partial charge < -0.3 is 4.42 Å². The second kappa shape index (κ2) is 6.57. The van der Waals surface area contributed by atoms with E-state index in [1.807, 2.05) is 66.7 Å². The van der Waals surface area contributed by atoms with Crippen molar-refractivity contribution in [1.82, 2.24) is 10.2 Å². The standard InChI is InChI=1S/C22H16N2O/c1-2-16-13-14-19(17-9-5-3-6-10-17)20(15-16)22-24-23-21(25-22)18-11-7-4-8-12-18/h2-15H,1H2. The molecule has 0 unspecified atom stereocenters. The fraction of sp³-hybridized carbons (Fsp3) is 0. The molecule has 0 spiro atoms. The molecule has 4 rings (SSSR count). The van der Waals surface area contributed by atoms with Crippen molar-refractivity contribution in [2.75, 3.05) is 0 Å². The largest absolute Gasteiger partial charge is 0.416 e. The van der Waals surface area contributed by atoms with E-state index in [2.05, 4.69) is 35.0 Å². The Morgan fingerprint density at radius 1 is 0.680 bits per heavy atom. The van der Waals surface area contributed by atoms with E-state index in [-0.39, 0.29) is 0 Å². The molecule has 4 aromatic rings. The quantitative estimate of drug-likeness (QED) is 0.482. The van der Waals surface area contributed by atoms with E-state index in [0.717, 1.165) is 27.8 Å². The molecule has 0 amide bonds. The Morgan fingerprint density at radius 3 is 2.00 bits per heavy atom. The predicted octanol–water partition coefficient (Wildman–Crippen LogP) is 5.71. The first-order chi connectivity index (χ1) is 12.3. The molecule has 3 aromatic carbocycles. The average Bonchev–Trinajstić information content (AvgIpc) is 3.19. The Kier molecular flexibility index (Phi) is 3.97. The lowest BCUT2D eigenvalue weighted by atomic mass is 9.97. The highest BCUT2D eigenvalue weighted by Gasteiger charge is 2.15. The summed E-state index contributed by atoms with van der Waals surface area (Å²) in [5, 5.41) is 8.48. The summed E-state index contributed by atoms with van der Waals surface area (Å²) in [5.74, 6) is 1.01. The molecule has 3 nitrogen and oxygen atoms in total. The SMILES string of the molecule is C=Cc1ccc(-c2ccccc2)c(-c2nnc(-c3ccccc3)o2)c1. The maximum Gasteiger partial charge on any atom is 0.248 e. The molecule has 0 N–H and O–H groups in total. The monoisotopic (exact) mass is 324 g/mol. The zero-order valence-electron chi connectivity index (χ0n) is 13.6. The number of hydrogen-bond acceptors (Lipinski definition) is 3. The van der Waals surface area contributed by atoms with Crippen LogP contribution in [0.15, 0.2) is 89.9 Å². The minimum absolute atomic E-state index is 0.501. The Bertz CT molecular complexity index is 1000. The van der Waals surface area contributed by atoms with E-state index in [0.29, 0.717) is 11.8 Å².